The van der Waals surface area contributed by atoms with Crippen LogP contribution in [-0.2, 0) is 4.79 Å². The molecule has 0 amide bonds. The Bertz CT molecular complexity index is 278. The minimum Gasteiger partial charge on any atom is -0.481 e. The highest BCUT2D eigenvalue weighted by molar-refractivity contribution is 5.76. The Morgan fingerprint density at radius 3 is 2.21 bits per heavy atom. The highest BCUT2D eigenvalue weighted by Crippen LogP contribution is 2.59. The molecule has 0 aromatic heterocycles. The van der Waals surface area contributed by atoms with Gasteiger partial charge in [0, 0.05) is 6.08 Å². The molecule has 1 aliphatic rings. The van der Waals surface area contributed by atoms with E-state index in [1.807, 2.05) is 0 Å². The molecule has 2 atom stereocenters. The van der Waals surface area contributed by atoms with Crippen LogP contribution in [0, 0.1) is 17.3 Å². The summed E-state index contributed by atoms with van der Waals surface area (Å²) >= 11 is 0. The summed E-state index contributed by atoms with van der Waals surface area (Å²) in [6.07, 6.45) is -3.30. The van der Waals surface area contributed by atoms with E-state index in [2.05, 4.69) is 0 Å². The first-order chi connectivity index (χ1) is 6.16. The first-order valence-electron chi connectivity index (χ1n) is 4.15. The van der Waals surface area contributed by atoms with E-state index in [0.29, 0.717) is 0 Å². The Labute approximate surface area is 79.4 Å². The minimum atomic E-state index is -4.36. The number of aliphatic carboxylic acids is 1. The van der Waals surface area contributed by atoms with Crippen molar-refractivity contribution >= 4 is 5.97 Å². The number of hydrogen-bond acceptors (Lipinski definition) is 1. The Hall–Kier alpha value is -1.00. The molecule has 1 N–H and O–H groups in total. The van der Waals surface area contributed by atoms with Gasteiger partial charge in [-0.25, -0.2) is 0 Å². The molecule has 0 heterocycles. The molecular weight excluding hydrogens is 197 g/mol. The molecule has 0 spiro atoms. The number of alkyl halides is 3. The van der Waals surface area contributed by atoms with Gasteiger partial charge in [-0.15, -0.1) is 0 Å². The highest BCUT2D eigenvalue weighted by Gasteiger charge is 2.60. The van der Waals surface area contributed by atoms with Gasteiger partial charge in [0.1, 0.15) is 0 Å². The fourth-order valence-electron chi connectivity index (χ4n) is 1.72. The van der Waals surface area contributed by atoms with E-state index >= 15 is 0 Å². The van der Waals surface area contributed by atoms with Crippen LogP contribution < -0.4 is 0 Å². The van der Waals surface area contributed by atoms with Crippen molar-refractivity contribution in [3.05, 3.63) is 12.2 Å². The fourth-order valence-corrected chi connectivity index (χ4v) is 1.72. The van der Waals surface area contributed by atoms with E-state index in [9.17, 15) is 18.0 Å². The average Bonchev–Trinajstić information content (AvgIpc) is 2.47. The molecule has 0 aromatic rings. The zero-order valence-corrected chi connectivity index (χ0v) is 7.80. The van der Waals surface area contributed by atoms with Crippen molar-refractivity contribution in [2.45, 2.75) is 20.0 Å². The third-order valence-corrected chi connectivity index (χ3v) is 2.67. The predicted octanol–water partition coefficient (Wildman–Crippen LogP) is 2.46. The van der Waals surface area contributed by atoms with Crippen molar-refractivity contribution in [2.24, 2.45) is 17.3 Å². The Morgan fingerprint density at radius 2 is 1.93 bits per heavy atom. The molecule has 80 valence electrons. The lowest BCUT2D eigenvalue weighted by atomic mass is 10.1. The van der Waals surface area contributed by atoms with Gasteiger partial charge in [0.15, 0.2) is 0 Å². The standard InChI is InChI=1S/C9H11F3O2/c1-8(2)5(6(8)7(13)14)3-4-9(10,11)12/h3-6H,1-2H3,(H,13,14)/t5?,6-/m1/s1. The number of halogens is 3. The topological polar surface area (TPSA) is 37.3 Å². The van der Waals surface area contributed by atoms with E-state index in [1.54, 1.807) is 13.8 Å². The second kappa shape index (κ2) is 3.00. The van der Waals surface area contributed by atoms with Gasteiger partial charge in [-0.1, -0.05) is 19.9 Å². The SMILES string of the molecule is CC1(C)C(C=CC(F)(F)F)[C@@H]1C(=O)O. The average molecular weight is 208 g/mol. The summed E-state index contributed by atoms with van der Waals surface area (Å²) in [4.78, 5) is 10.6. The Kier molecular flexibility index (Phi) is 2.37. The third-order valence-electron chi connectivity index (χ3n) is 2.67. The predicted molar refractivity (Wildman–Crippen MR) is 43.6 cm³/mol. The first-order valence-corrected chi connectivity index (χ1v) is 4.15. The van der Waals surface area contributed by atoms with Gasteiger partial charge in [-0.3, -0.25) is 4.79 Å². The maximum atomic E-state index is 11.8. The van der Waals surface area contributed by atoms with Crippen molar-refractivity contribution in [3.63, 3.8) is 0 Å². The van der Waals surface area contributed by atoms with Crippen molar-refractivity contribution in [2.75, 3.05) is 0 Å². The molecule has 14 heavy (non-hydrogen) atoms. The van der Waals surface area contributed by atoms with Crippen LogP contribution in [0.15, 0.2) is 12.2 Å². The number of rotatable bonds is 2. The molecule has 0 aromatic carbocycles. The van der Waals surface area contributed by atoms with Gasteiger partial charge >= 0.3 is 12.1 Å². The maximum absolute atomic E-state index is 11.8. The summed E-state index contributed by atoms with van der Waals surface area (Å²) in [5.41, 5.74) is -0.562. The highest BCUT2D eigenvalue weighted by atomic mass is 19.4. The lowest BCUT2D eigenvalue weighted by Gasteiger charge is -1.98. The van der Waals surface area contributed by atoms with Crippen LogP contribution in [0.25, 0.3) is 0 Å². The molecular formula is C9H11F3O2. The zero-order chi connectivity index (χ0) is 11.1. The van der Waals surface area contributed by atoms with E-state index in [0.717, 1.165) is 6.08 Å². The molecule has 5 heteroatoms. The van der Waals surface area contributed by atoms with Crippen LogP contribution >= 0.6 is 0 Å². The van der Waals surface area contributed by atoms with Crippen LogP contribution in [0.2, 0.25) is 0 Å². The second-order valence-electron chi connectivity index (χ2n) is 4.06. The lowest BCUT2D eigenvalue weighted by Crippen LogP contribution is -2.03. The molecule has 1 aliphatic carbocycles. The van der Waals surface area contributed by atoms with Crippen LogP contribution in [-0.4, -0.2) is 17.3 Å². The van der Waals surface area contributed by atoms with Crippen LogP contribution in [0.5, 0.6) is 0 Å². The summed E-state index contributed by atoms with van der Waals surface area (Å²) in [6, 6.07) is 0. The van der Waals surface area contributed by atoms with Crippen molar-refractivity contribution in [1.29, 1.82) is 0 Å². The molecule has 1 rings (SSSR count). The number of carbonyl (C=O) groups is 1. The molecule has 2 nitrogen and oxygen atoms in total. The quantitative estimate of drug-likeness (QED) is 0.708. The normalized spacial score (nSPS) is 30.6. The van der Waals surface area contributed by atoms with E-state index in [4.69, 9.17) is 5.11 Å². The Morgan fingerprint density at radius 1 is 1.43 bits per heavy atom. The van der Waals surface area contributed by atoms with Gasteiger partial charge in [0.2, 0.25) is 0 Å². The van der Waals surface area contributed by atoms with Crippen LogP contribution in [0.1, 0.15) is 13.8 Å². The van der Waals surface area contributed by atoms with Gasteiger partial charge < -0.3 is 5.11 Å². The van der Waals surface area contributed by atoms with E-state index in [1.165, 1.54) is 0 Å². The molecule has 1 unspecified atom stereocenters. The summed E-state index contributed by atoms with van der Waals surface area (Å²) in [6.45, 7) is 3.30. The minimum absolute atomic E-state index is 0.113. The second-order valence-corrected chi connectivity index (χ2v) is 4.06. The fraction of sp³-hybridized carbons (Fsp3) is 0.667. The largest absolute Gasteiger partial charge is 0.481 e. The smallest absolute Gasteiger partial charge is 0.409 e. The number of hydrogen-bond donors (Lipinski definition) is 1. The first kappa shape index (κ1) is 11.1. The molecule has 1 saturated carbocycles. The van der Waals surface area contributed by atoms with Crippen molar-refractivity contribution in [3.8, 4) is 0 Å². The van der Waals surface area contributed by atoms with Crippen molar-refractivity contribution in [1.82, 2.24) is 0 Å². The van der Waals surface area contributed by atoms with Gasteiger partial charge in [-0.2, -0.15) is 13.2 Å². The van der Waals surface area contributed by atoms with Crippen molar-refractivity contribution < 1.29 is 23.1 Å². The molecule has 1 fully saturated rings. The van der Waals surface area contributed by atoms with Crippen LogP contribution in [0.3, 0.4) is 0 Å². The van der Waals surface area contributed by atoms with Gasteiger partial charge in [-0.05, 0) is 11.3 Å². The monoisotopic (exact) mass is 208 g/mol. The molecule has 0 aliphatic heterocycles. The Balaban J connectivity index is 2.67. The zero-order valence-electron chi connectivity index (χ0n) is 7.80. The summed E-state index contributed by atoms with van der Waals surface area (Å²) in [5.74, 6) is -2.24. The van der Waals surface area contributed by atoms with Gasteiger partial charge in [0.25, 0.3) is 0 Å². The number of allylic oxidation sites excluding steroid dienone is 2. The summed E-state index contributed by atoms with van der Waals surface area (Å²) < 4.78 is 35.4. The molecule has 0 bridgehead atoms. The summed E-state index contributed by atoms with van der Waals surface area (Å²) in [5, 5.41) is 8.67. The molecule has 0 radical (unpaired) electrons. The maximum Gasteiger partial charge on any atom is 0.409 e. The van der Waals surface area contributed by atoms with Gasteiger partial charge in [0.05, 0.1) is 5.92 Å². The van der Waals surface area contributed by atoms with Crippen LogP contribution in [0.4, 0.5) is 13.2 Å². The molecule has 0 saturated heterocycles. The summed E-state index contributed by atoms with van der Waals surface area (Å²) in [7, 11) is 0. The third kappa shape index (κ3) is 2.08. The van der Waals surface area contributed by atoms with E-state index in [-0.39, 0.29) is 6.08 Å². The number of carboxylic acid groups (broad SMARTS) is 1. The number of carboxylic acids is 1. The lowest BCUT2D eigenvalue weighted by molar-refractivity contribution is -0.139. The van der Waals surface area contributed by atoms with E-state index < -0.39 is 29.4 Å².